The maximum atomic E-state index is 10.5. The van der Waals surface area contributed by atoms with Crippen LogP contribution in [0.25, 0.3) is 0 Å². The SMILES string of the molecule is COc1ccc(C(O)Cc2c(C)cc(C)cc2C)cc1Cl. The number of aliphatic hydroxyl groups is 1. The van der Waals surface area contributed by atoms with E-state index in [0.29, 0.717) is 17.2 Å². The Morgan fingerprint density at radius 2 is 1.71 bits per heavy atom. The number of ether oxygens (including phenoxy) is 1. The number of aryl methyl sites for hydroxylation is 3. The standard InChI is InChI=1S/C18H21ClO2/c1-11-7-12(2)15(13(3)8-11)10-17(20)14-5-6-18(21-4)16(19)9-14/h5-9,17,20H,10H2,1-4H3. The summed E-state index contributed by atoms with van der Waals surface area (Å²) in [6.45, 7) is 6.26. The lowest BCUT2D eigenvalue weighted by molar-refractivity contribution is 0.178. The third-order valence-corrected chi connectivity index (χ3v) is 4.09. The zero-order chi connectivity index (χ0) is 15.6. The highest BCUT2D eigenvalue weighted by Crippen LogP contribution is 2.30. The van der Waals surface area contributed by atoms with Gasteiger partial charge < -0.3 is 9.84 Å². The number of benzene rings is 2. The Hall–Kier alpha value is -1.51. The molecule has 0 spiro atoms. The summed E-state index contributed by atoms with van der Waals surface area (Å²) in [5.41, 5.74) is 5.67. The lowest BCUT2D eigenvalue weighted by Gasteiger charge is -2.17. The molecule has 0 aliphatic rings. The molecule has 21 heavy (non-hydrogen) atoms. The van der Waals surface area contributed by atoms with E-state index in [2.05, 4.69) is 32.9 Å². The molecule has 2 rings (SSSR count). The van der Waals surface area contributed by atoms with Crippen LogP contribution in [0.2, 0.25) is 5.02 Å². The summed E-state index contributed by atoms with van der Waals surface area (Å²) in [6.07, 6.45) is 0.00848. The van der Waals surface area contributed by atoms with Crippen LogP contribution in [-0.4, -0.2) is 12.2 Å². The lowest BCUT2D eigenvalue weighted by Crippen LogP contribution is -2.05. The minimum absolute atomic E-state index is 0.520. The molecule has 0 aliphatic heterocycles. The summed E-state index contributed by atoms with van der Waals surface area (Å²) in [6, 6.07) is 9.71. The number of hydrogen-bond acceptors (Lipinski definition) is 2. The van der Waals surface area contributed by atoms with Crippen molar-refractivity contribution in [2.45, 2.75) is 33.3 Å². The van der Waals surface area contributed by atoms with E-state index in [-0.39, 0.29) is 0 Å². The normalized spacial score (nSPS) is 12.3. The molecule has 3 heteroatoms. The van der Waals surface area contributed by atoms with Crippen molar-refractivity contribution in [1.82, 2.24) is 0 Å². The van der Waals surface area contributed by atoms with Gasteiger partial charge in [-0.05, 0) is 55.2 Å². The van der Waals surface area contributed by atoms with Gasteiger partial charge in [0, 0.05) is 6.42 Å². The molecule has 2 aromatic rings. The molecule has 2 nitrogen and oxygen atoms in total. The molecule has 0 fully saturated rings. The highest BCUT2D eigenvalue weighted by atomic mass is 35.5. The van der Waals surface area contributed by atoms with E-state index in [1.807, 2.05) is 6.07 Å². The molecule has 0 amide bonds. The minimum Gasteiger partial charge on any atom is -0.495 e. The van der Waals surface area contributed by atoms with Crippen LogP contribution in [0.15, 0.2) is 30.3 Å². The van der Waals surface area contributed by atoms with Crippen LogP contribution in [-0.2, 0) is 6.42 Å². The minimum atomic E-state index is -0.575. The average Bonchev–Trinajstić information content (AvgIpc) is 2.42. The number of aliphatic hydroxyl groups excluding tert-OH is 1. The predicted octanol–water partition coefficient (Wildman–Crippen LogP) is 4.55. The molecule has 0 bridgehead atoms. The average molecular weight is 305 g/mol. The molecule has 1 atom stereocenters. The van der Waals surface area contributed by atoms with Gasteiger partial charge >= 0.3 is 0 Å². The van der Waals surface area contributed by atoms with Crippen LogP contribution in [0.1, 0.15) is 33.9 Å². The zero-order valence-electron chi connectivity index (χ0n) is 12.9. The molecule has 2 aromatic carbocycles. The molecule has 1 unspecified atom stereocenters. The van der Waals surface area contributed by atoms with Gasteiger partial charge in [0.05, 0.1) is 18.2 Å². The second-order valence-electron chi connectivity index (χ2n) is 5.49. The van der Waals surface area contributed by atoms with Crippen molar-refractivity contribution in [2.24, 2.45) is 0 Å². The first-order valence-corrected chi connectivity index (χ1v) is 7.38. The Kier molecular flexibility index (Phi) is 4.92. The molecule has 0 heterocycles. The summed E-state index contributed by atoms with van der Waals surface area (Å²) in [4.78, 5) is 0. The van der Waals surface area contributed by atoms with Crippen molar-refractivity contribution in [1.29, 1.82) is 0 Å². The summed E-state index contributed by atoms with van der Waals surface area (Å²) in [5.74, 6) is 0.621. The van der Waals surface area contributed by atoms with E-state index in [1.165, 1.54) is 22.3 Å². The molecule has 0 radical (unpaired) electrons. The van der Waals surface area contributed by atoms with Crippen molar-refractivity contribution in [2.75, 3.05) is 7.11 Å². The van der Waals surface area contributed by atoms with E-state index in [4.69, 9.17) is 16.3 Å². The first-order valence-electron chi connectivity index (χ1n) is 7.00. The van der Waals surface area contributed by atoms with Gasteiger partial charge in [-0.25, -0.2) is 0 Å². The summed E-state index contributed by atoms with van der Waals surface area (Å²) >= 11 is 6.12. The number of rotatable bonds is 4. The summed E-state index contributed by atoms with van der Waals surface area (Å²) in [7, 11) is 1.58. The Morgan fingerprint density at radius 3 is 2.24 bits per heavy atom. The Bertz CT molecular complexity index is 627. The molecular weight excluding hydrogens is 284 g/mol. The van der Waals surface area contributed by atoms with Gasteiger partial charge in [-0.3, -0.25) is 0 Å². The smallest absolute Gasteiger partial charge is 0.137 e. The van der Waals surface area contributed by atoms with Gasteiger partial charge in [0.25, 0.3) is 0 Å². The first-order chi connectivity index (χ1) is 9.92. The number of halogens is 1. The van der Waals surface area contributed by atoms with Crippen LogP contribution in [0, 0.1) is 20.8 Å². The molecule has 112 valence electrons. The van der Waals surface area contributed by atoms with Crippen LogP contribution in [0.5, 0.6) is 5.75 Å². The van der Waals surface area contributed by atoms with E-state index < -0.39 is 6.10 Å². The fourth-order valence-corrected chi connectivity index (χ4v) is 3.00. The molecule has 0 saturated carbocycles. The van der Waals surface area contributed by atoms with E-state index >= 15 is 0 Å². The number of hydrogen-bond donors (Lipinski definition) is 1. The van der Waals surface area contributed by atoms with Gasteiger partial charge in [-0.15, -0.1) is 0 Å². The topological polar surface area (TPSA) is 29.5 Å². The van der Waals surface area contributed by atoms with Crippen molar-refractivity contribution in [3.8, 4) is 5.75 Å². The van der Waals surface area contributed by atoms with Crippen LogP contribution in [0.3, 0.4) is 0 Å². The predicted molar refractivity (Wildman–Crippen MR) is 87.3 cm³/mol. The van der Waals surface area contributed by atoms with Gasteiger partial charge in [0.15, 0.2) is 0 Å². The quantitative estimate of drug-likeness (QED) is 0.898. The summed E-state index contributed by atoms with van der Waals surface area (Å²) < 4.78 is 5.14. The van der Waals surface area contributed by atoms with Crippen molar-refractivity contribution < 1.29 is 9.84 Å². The highest BCUT2D eigenvalue weighted by Gasteiger charge is 2.14. The third-order valence-electron chi connectivity index (χ3n) is 3.80. The maximum Gasteiger partial charge on any atom is 0.137 e. The number of methoxy groups -OCH3 is 1. The third kappa shape index (κ3) is 3.58. The molecule has 0 aromatic heterocycles. The molecule has 0 saturated heterocycles. The van der Waals surface area contributed by atoms with Gasteiger partial charge in [0.2, 0.25) is 0 Å². The van der Waals surface area contributed by atoms with E-state index in [1.54, 1.807) is 19.2 Å². The largest absolute Gasteiger partial charge is 0.495 e. The van der Waals surface area contributed by atoms with Crippen molar-refractivity contribution in [3.63, 3.8) is 0 Å². The highest BCUT2D eigenvalue weighted by molar-refractivity contribution is 6.32. The Labute approximate surface area is 131 Å². The van der Waals surface area contributed by atoms with Crippen molar-refractivity contribution >= 4 is 11.6 Å². The maximum absolute atomic E-state index is 10.5. The van der Waals surface area contributed by atoms with Crippen LogP contribution < -0.4 is 4.74 Å². The molecular formula is C18H21ClO2. The summed E-state index contributed by atoms with van der Waals surface area (Å²) in [5, 5.41) is 11.0. The Balaban J connectivity index is 2.26. The van der Waals surface area contributed by atoms with Crippen molar-refractivity contribution in [3.05, 3.63) is 63.2 Å². The van der Waals surface area contributed by atoms with Crippen LogP contribution in [0.4, 0.5) is 0 Å². The van der Waals surface area contributed by atoms with E-state index in [9.17, 15) is 5.11 Å². The monoisotopic (exact) mass is 304 g/mol. The lowest BCUT2D eigenvalue weighted by atomic mass is 9.93. The van der Waals surface area contributed by atoms with E-state index in [0.717, 1.165) is 5.56 Å². The van der Waals surface area contributed by atoms with Crippen LogP contribution >= 0.6 is 11.6 Å². The molecule has 1 N–H and O–H groups in total. The van der Waals surface area contributed by atoms with Gasteiger partial charge in [0.1, 0.15) is 5.75 Å². The fourth-order valence-electron chi connectivity index (χ4n) is 2.73. The second-order valence-corrected chi connectivity index (χ2v) is 5.90. The fraction of sp³-hybridized carbons (Fsp3) is 0.333. The molecule has 0 aliphatic carbocycles. The zero-order valence-corrected chi connectivity index (χ0v) is 13.7. The first kappa shape index (κ1) is 15.9. The Morgan fingerprint density at radius 1 is 1.10 bits per heavy atom. The van der Waals surface area contributed by atoms with Gasteiger partial charge in [-0.2, -0.15) is 0 Å². The second kappa shape index (κ2) is 6.50. The van der Waals surface area contributed by atoms with Gasteiger partial charge in [-0.1, -0.05) is 35.4 Å².